The Morgan fingerprint density at radius 3 is 2.50 bits per heavy atom. The number of nitrogens with zero attached hydrogens (tertiary/aromatic N) is 2. The smallest absolute Gasteiger partial charge is 0.329 e. The maximum absolute atomic E-state index is 13.7. The van der Waals surface area contributed by atoms with Gasteiger partial charge in [-0.05, 0) is 42.5 Å². The van der Waals surface area contributed by atoms with Gasteiger partial charge in [0.15, 0.2) is 0 Å². The van der Waals surface area contributed by atoms with Crippen molar-refractivity contribution < 1.29 is 32.6 Å². The Hall–Kier alpha value is -4.16. The first-order valence-corrected chi connectivity index (χ1v) is 13.7. The molecule has 1 heterocycles. The van der Waals surface area contributed by atoms with Gasteiger partial charge >= 0.3 is 5.97 Å². The van der Waals surface area contributed by atoms with Crippen molar-refractivity contribution in [3.8, 4) is 11.5 Å². The third kappa shape index (κ3) is 5.87. The highest BCUT2D eigenvalue weighted by molar-refractivity contribution is 7.80. The zero-order chi connectivity index (χ0) is 29.0. The van der Waals surface area contributed by atoms with Crippen molar-refractivity contribution in [2.45, 2.75) is 31.8 Å². The van der Waals surface area contributed by atoms with Gasteiger partial charge in [-0.15, -0.1) is 0 Å². The highest BCUT2D eigenvalue weighted by Gasteiger charge is 2.43. The highest BCUT2D eigenvalue weighted by Crippen LogP contribution is 2.36. The lowest BCUT2D eigenvalue weighted by Gasteiger charge is -2.33. The fourth-order valence-corrected chi connectivity index (χ4v) is 5.58. The van der Waals surface area contributed by atoms with E-state index in [1.807, 2.05) is 0 Å². The maximum atomic E-state index is 13.7. The van der Waals surface area contributed by atoms with E-state index < -0.39 is 35.2 Å². The third-order valence-corrected chi connectivity index (χ3v) is 7.65. The van der Waals surface area contributed by atoms with Gasteiger partial charge in [-0.3, -0.25) is 18.7 Å². The Kier molecular flexibility index (Phi) is 8.90. The van der Waals surface area contributed by atoms with E-state index in [0.29, 0.717) is 22.4 Å². The van der Waals surface area contributed by atoms with Crippen LogP contribution in [0, 0.1) is 5.41 Å². The summed E-state index contributed by atoms with van der Waals surface area (Å²) in [5.41, 5.74) is 7.06. The number of amides is 1. The molecule has 1 aliphatic rings. The number of nitrogens with one attached hydrogen (secondary N) is 1. The zero-order valence-corrected chi connectivity index (χ0v) is 23.2. The number of nitrogens with two attached hydrogens (primary N) is 1. The molecule has 1 saturated heterocycles. The molecule has 3 N–H and O–H groups in total. The van der Waals surface area contributed by atoms with E-state index in [1.54, 1.807) is 68.6 Å². The lowest BCUT2D eigenvalue weighted by molar-refractivity contribution is -0.153. The summed E-state index contributed by atoms with van der Waals surface area (Å²) in [6, 6.07) is 13.3. The number of hydrogen-bond acceptors (Lipinski definition) is 8. The molecule has 0 aromatic heterocycles. The molecule has 4 rings (SSSR count). The predicted octanol–water partition coefficient (Wildman–Crippen LogP) is 2.52. The average molecular weight is 568 g/mol. The summed E-state index contributed by atoms with van der Waals surface area (Å²) in [6.07, 6.45) is 0.330. The fraction of sp³-hybridized carbons (Fsp3) is 0.321. The molecule has 212 valence electrons. The molecule has 0 spiro atoms. The van der Waals surface area contributed by atoms with Crippen LogP contribution in [0.2, 0.25) is 0 Å². The van der Waals surface area contributed by atoms with E-state index in [0.717, 1.165) is 15.3 Å². The number of rotatable bonds is 11. The second-order valence-electron chi connectivity index (χ2n) is 9.20. The predicted molar refractivity (Wildman–Crippen MR) is 150 cm³/mol. The highest BCUT2D eigenvalue weighted by atomic mass is 32.2. The first-order valence-electron chi connectivity index (χ1n) is 12.6. The standard InChI is InChI=1S/C28H32N4O7S/c1-4-39-28(34)24(13-17-5-7-18(8-6-17)26(29)30)31-12-11-23(27(31)33)32(40(35)36)20-14-19-9-10-21(37-2)16-22(19)25(15-20)38-3/h5-10,14-16,23-24H,4,11-13H2,1-3H3,(H3,29,30)(H,35,36)/p-1. The number of fused-ring (bicyclic) bond motifs is 1. The third-order valence-electron chi connectivity index (χ3n) is 6.87. The lowest BCUT2D eigenvalue weighted by Crippen LogP contribution is -2.49. The molecule has 40 heavy (non-hydrogen) atoms. The van der Waals surface area contributed by atoms with E-state index in [-0.39, 0.29) is 37.5 Å². The number of likely N-dealkylation sites (tertiary alicyclic amines) is 1. The molecular weight excluding hydrogens is 536 g/mol. The van der Waals surface area contributed by atoms with Gasteiger partial charge < -0.3 is 29.4 Å². The van der Waals surface area contributed by atoms with Gasteiger partial charge in [0.05, 0.1) is 26.5 Å². The summed E-state index contributed by atoms with van der Waals surface area (Å²) in [4.78, 5) is 28.1. The molecule has 1 fully saturated rings. The summed E-state index contributed by atoms with van der Waals surface area (Å²) in [7, 11) is 3.03. The molecule has 0 saturated carbocycles. The molecule has 1 aliphatic heterocycles. The number of carbonyl (C=O) groups excluding carboxylic acids is 2. The maximum Gasteiger partial charge on any atom is 0.329 e. The van der Waals surface area contributed by atoms with Crippen molar-refractivity contribution in [1.29, 1.82) is 5.41 Å². The zero-order valence-electron chi connectivity index (χ0n) is 22.4. The van der Waals surface area contributed by atoms with Gasteiger partial charge in [0.1, 0.15) is 29.4 Å². The summed E-state index contributed by atoms with van der Waals surface area (Å²) in [5.74, 6) is -0.131. The Morgan fingerprint density at radius 1 is 1.18 bits per heavy atom. The van der Waals surface area contributed by atoms with Crippen LogP contribution < -0.4 is 19.5 Å². The number of carbonyl (C=O) groups is 2. The first-order chi connectivity index (χ1) is 19.2. The van der Waals surface area contributed by atoms with Gasteiger partial charge in [0.2, 0.25) is 5.91 Å². The van der Waals surface area contributed by atoms with Gasteiger partial charge in [-0.25, -0.2) is 4.79 Å². The topological polar surface area (TPSA) is 158 Å². The van der Waals surface area contributed by atoms with Crippen molar-refractivity contribution in [2.24, 2.45) is 5.73 Å². The Balaban J connectivity index is 1.66. The van der Waals surface area contributed by atoms with E-state index in [2.05, 4.69) is 0 Å². The normalized spacial score (nSPS) is 16.4. The van der Waals surface area contributed by atoms with Crippen LogP contribution in [-0.2, 0) is 32.0 Å². The van der Waals surface area contributed by atoms with E-state index in [4.69, 9.17) is 25.4 Å². The number of esters is 1. The molecule has 3 unspecified atom stereocenters. The van der Waals surface area contributed by atoms with Crippen molar-refractivity contribution in [3.63, 3.8) is 0 Å². The minimum atomic E-state index is -2.80. The van der Waals surface area contributed by atoms with E-state index in [9.17, 15) is 18.4 Å². The van der Waals surface area contributed by atoms with Crippen LogP contribution in [0.25, 0.3) is 10.8 Å². The fourth-order valence-electron chi connectivity index (χ4n) is 4.90. The molecule has 0 radical (unpaired) electrons. The summed E-state index contributed by atoms with van der Waals surface area (Å²) >= 11 is -2.80. The monoisotopic (exact) mass is 567 g/mol. The summed E-state index contributed by atoms with van der Waals surface area (Å²) in [6.45, 7) is 1.97. The van der Waals surface area contributed by atoms with Crippen LogP contribution in [0.5, 0.6) is 11.5 Å². The van der Waals surface area contributed by atoms with Crippen LogP contribution >= 0.6 is 0 Å². The van der Waals surface area contributed by atoms with Crippen LogP contribution in [0.3, 0.4) is 0 Å². The molecule has 3 aromatic rings. The van der Waals surface area contributed by atoms with Crippen LogP contribution in [0.4, 0.5) is 5.69 Å². The van der Waals surface area contributed by atoms with Crippen molar-refractivity contribution in [1.82, 2.24) is 4.90 Å². The molecule has 12 heteroatoms. The average Bonchev–Trinajstić information content (AvgIpc) is 3.31. The number of benzene rings is 3. The number of methoxy groups -OCH3 is 2. The van der Waals surface area contributed by atoms with Crippen molar-refractivity contribution in [2.75, 3.05) is 31.7 Å². The Bertz CT molecular complexity index is 1450. The summed E-state index contributed by atoms with van der Waals surface area (Å²) in [5, 5.41) is 8.99. The number of hydrogen-bond donors (Lipinski definition) is 2. The lowest BCUT2D eigenvalue weighted by atomic mass is 10.0. The molecular formula is C28H31N4O7S-. The van der Waals surface area contributed by atoms with Crippen LogP contribution in [0.1, 0.15) is 24.5 Å². The molecule has 0 bridgehead atoms. The minimum Gasteiger partial charge on any atom is -0.755 e. The molecule has 0 aliphatic carbocycles. The van der Waals surface area contributed by atoms with Crippen LogP contribution in [-0.4, -0.2) is 70.8 Å². The number of anilines is 1. The number of ether oxygens (including phenoxy) is 3. The summed E-state index contributed by atoms with van der Waals surface area (Å²) < 4.78 is 42.2. The van der Waals surface area contributed by atoms with Gasteiger partial charge in [-0.1, -0.05) is 30.3 Å². The molecule has 1 amide bonds. The Morgan fingerprint density at radius 2 is 1.90 bits per heavy atom. The van der Waals surface area contributed by atoms with Gasteiger partial charge in [-0.2, -0.15) is 0 Å². The SMILES string of the molecule is CCOC(=O)C(Cc1ccc(C(=N)N)cc1)N1CCC(N(c2cc(OC)c3cc(OC)ccc3c2)S(=O)[O-])C1=O. The van der Waals surface area contributed by atoms with E-state index >= 15 is 0 Å². The Labute approximate surface area is 234 Å². The number of amidine groups is 1. The molecule has 3 atom stereocenters. The molecule has 11 nitrogen and oxygen atoms in total. The van der Waals surface area contributed by atoms with Crippen molar-refractivity contribution in [3.05, 3.63) is 65.7 Å². The largest absolute Gasteiger partial charge is 0.755 e. The van der Waals surface area contributed by atoms with Crippen LogP contribution in [0.15, 0.2) is 54.6 Å². The van der Waals surface area contributed by atoms with E-state index in [1.165, 1.54) is 12.0 Å². The first kappa shape index (κ1) is 28.8. The number of nitrogen functional groups attached to an aromatic ring is 1. The van der Waals surface area contributed by atoms with Crippen molar-refractivity contribution >= 4 is 45.4 Å². The minimum absolute atomic E-state index is 0.0822. The quantitative estimate of drug-likeness (QED) is 0.155. The van der Waals surface area contributed by atoms with Gasteiger partial charge in [0, 0.05) is 41.2 Å². The second-order valence-corrected chi connectivity index (χ2v) is 10.0. The van der Waals surface area contributed by atoms with Gasteiger partial charge in [0.25, 0.3) is 0 Å². The second kappa shape index (κ2) is 12.3. The molecule has 3 aromatic carbocycles.